The Kier molecular flexibility index (Phi) is 2.96. The Morgan fingerprint density at radius 1 is 1.44 bits per heavy atom. The molecule has 0 atom stereocenters. The lowest BCUT2D eigenvalue weighted by Gasteiger charge is -2.13. The summed E-state index contributed by atoms with van der Waals surface area (Å²) in [6, 6.07) is 1.91. The lowest BCUT2D eigenvalue weighted by atomic mass is 10.1. The molecule has 0 amide bonds. The molecule has 1 aromatic rings. The number of rotatable bonds is 5. The van der Waals surface area contributed by atoms with Crippen molar-refractivity contribution in [1.82, 2.24) is 9.97 Å². The summed E-state index contributed by atoms with van der Waals surface area (Å²) in [7, 11) is 1.80. The minimum atomic E-state index is 0.0959. The summed E-state index contributed by atoms with van der Waals surface area (Å²) in [6.45, 7) is 2.97. The van der Waals surface area contributed by atoms with Crippen LogP contribution in [-0.2, 0) is 0 Å². The minimum Gasteiger partial charge on any atom is -0.396 e. The maximum Gasteiger partial charge on any atom is 0.224 e. The first kappa shape index (κ1) is 11.1. The summed E-state index contributed by atoms with van der Waals surface area (Å²) >= 11 is 0. The van der Waals surface area contributed by atoms with Gasteiger partial charge in [-0.15, -0.1) is 0 Å². The highest BCUT2D eigenvalue weighted by atomic mass is 16.3. The fourth-order valence-corrected chi connectivity index (χ4v) is 1.62. The monoisotopic (exact) mass is 222 g/mol. The Bertz CT molecular complexity index is 376. The molecule has 1 aliphatic rings. The van der Waals surface area contributed by atoms with Crippen molar-refractivity contribution in [2.75, 3.05) is 30.8 Å². The third-order valence-electron chi connectivity index (χ3n) is 3.01. The van der Waals surface area contributed by atoms with E-state index in [1.807, 2.05) is 13.0 Å². The largest absolute Gasteiger partial charge is 0.396 e. The van der Waals surface area contributed by atoms with Crippen LogP contribution in [0, 0.1) is 12.3 Å². The lowest BCUT2D eigenvalue weighted by molar-refractivity contribution is 0.219. The third-order valence-corrected chi connectivity index (χ3v) is 3.01. The Morgan fingerprint density at radius 2 is 2.19 bits per heavy atom. The van der Waals surface area contributed by atoms with Crippen LogP contribution in [0.4, 0.5) is 11.8 Å². The zero-order chi connectivity index (χ0) is 11.6. The van der Waals surface area contributed by atoms with Crippen LogP contribution in [0.5, 0.6) is 0 Å². The van der Waals surface area contributed by atoms with Gasteiger partial charge in [0.2, 0.25) is 5.95 Å². The van der Waals surface area contributed by atoms with Crippen LogP contribution in [0.3, 0.4) is 0 Å². The predicted octanol–water partition coefficient (Wildman–Crippen LogP) is 1.01. The van der Waals surface area contributed by atoms with Crippen molar-refractivity contribution in [2.24, 2.45) is 5.41 Å². The average molecular weight is 222 g/mol. The van der Waals surface area contributed by atoms with Gasteiger partial charge in [0.25, 0.3) is 0 Å². The van der Waals surface area contributed by atoms with E-state index in [9.17, 15) is 5.11 Å². The molecule has 5 nitrogen and oxygen atoms in total. The van der Waals surface area contributed by atoms with Gasteiger partial charge in [0.1, 0.15) is 5.82 Å². The van der Waals surface area contributed by atoms with Gasteiger partial charge in [-0.3, -0.25) is 0 Å². The van der Waals surface area contributed by atoms with Crippen molar-refractivity contribution in [2.45, 2.75) is 19.8 Å². The first-order chi connectivity index (χ1) is 7.67. The molecule has 2 rings (SSSR count). The molecule has 0 saturated heterocycles. The standard InChI is InChI=1S/C11H18N4O/c1-8-5-9(15-10(12-2)14-8)13-6-11(7-16)3-4-11/h5,16H,3-4,6-7H2,1-2H3,(H2,12,13,14,15). The number of aromatic nitrogens is 2. The number of aryl methyl sites for hydroxylation is 1. The highest BCUT2D eigenvalue weighted by Gasteiger charge is 2.41. The summed E-state index contributed by atoms with van der Waals surface area (Å²) in [5.74, 6) is 1.44. The molecule has 5 heteroatoms. The van der Waals surface area contributed by atoms with Gasteiger partial charge in [0.05, 0.1) is 6.61 Å². The topological polar surface area (TPSA) is 70.1 Å². The number of hydrogen-bond donors (Lipinski definition) is 3. The summed E-state index contributed by atoms with van der Waals surface area (Å²) in [5.41, 5.74) is 1.02. The van der Waals surface area contributed by atoms with E-state index < -0.39 is 0 Å². The number of nitrogens with one attached hydrogen (secondary N) is 2. The van der Waals surface area contributed by atoms with Crippen LogP contribution in [-0.4, -0.2) is 35.3 Å². The average Bonchev–Trinajstić information content (AvgIpc) is 3.06. The first-order valence-corrected chi connectivity index (χ1v) is 5.56. The van der Waals surface area contributed by atoms with Crippen molar-refractivity contribution < 1.29 is 5.11 Å². The van der Waals surface area contributed by atoms with E-state index in [4.69, 9.17) is 0 Å². The molecule has 1 fully saturated rings. The van der Waals surface area contributed by atoms with E-state index in [0.717, 1.165) is 30.9 Å². The molecule has 1 saturated carbocycles. The van der Waals surface area contributed by atoms with Gasteiger partial charge in [-0.05, 0) is 19.8 Å². The van der Waals surface area contributed by atoms with Crippen LogP contribution in [0.1, 0.15) is 18.5 Å². The molecule has 3 N–H and O–H groups in total. The van der Waals surface area contributed by atoms with Crippen LogP contribution in [0.15, 0.2) is 6.07 Å². The molecular formula is C11H18N4O. The third kappa shape index (κ3) is 2.41. The number of hydrogen-bond acceptors (Lipinski definition) is 5. The van der Waals surface area contributed by atoms with Crippen molar-refractivity contribution in [3.05, 3.63) is 11.8 Å². The van der Waals surface area contributed by atoms with Gasteiger partial charge >= 0.3 is 0 Å². The maximum atomic E-state index is 9.20. The maximum absolute atomic E-state index is 9.20. The van der Waals surface area contributed by atoms with Crippen LogP contribution >= 0.6 is 0 Å². The molecular weight excluding hydrogens is 204 g/mol. The van der Waals surface area contributed by atoms with E-state index in [1.54, 1.807) is 7.05 Å². The van der Waals surface area contributed by atoms with Gasteiger partial charge in [-0.25, -0.2) is 4.98 Å². The summed E-state index contributed by atoms with van der Waals surface area (Å²) < 4.78 is 0. The number of aliphatic hydroxyl groups excluding tert-OH is 1. The van der Waals surface area contributed by atoms with E-state index in [1.165, 1.54) is 0 Å². The highest BCUT2D eigenvalue weighted by Crippen LogP contribution is 2.44. The first-order valence-electron chi connectivity index (χ1n) is 5.56. The zero-order valence-electron chi connectivity index (χ0n) is 9.75. The Balaban J connectivity index is 2.01. The molecule has 1 heterocycles. The Hall–Kier alpha value is -1.36. The fourth-order valence-electron chi connectivity index (χ4n) is 1.62. The summed E-state index contributed by atoms with van der Waals surface area (Å²) in [5, 5.41) is 15.4. The second-order valence-corrected chi connectivity index (χ2v) is 4.48. The second-order valence-electron chi connectivity index (χ2n) is 4.48. The van der Waals surface area contributed by atoms with Gasteiger partial charge in [-0.2, -0.15) is 4.98 Å². The van der Waals surface area contributed by atoms with E-state index in [2.05, 4.69) is 20.6 Å². The number of nitrogens with zero attached hydrogens (tertiary/aromatic N) is 2. The minimum absolute atomic E-state index is 0.0959. The molecule has 0 radical (unpaired) electrons. The molecule has 0 spiro atoms. The molecule has 0 aromatic carbocycles. The Labute approximate surface area is 95.3 Å². The number of aliphatic hydroxyl groups is 1. The van der Waals surface area contributed by atoms with Crippen molar-refractivity contribution >= 4 is 11.8 Å². The van der Waals surface area contributed by atoms with Crippen LogP contribution in [0.2, 0.25) is 0 Å². The summed E-state index contributed by atoms with van der Waals surface area (Å²) in [6.07, 6.45) is 2.19. The highest BCUT2D eigenvalue weighted by molar-refractivity contribution is 5.42. The van der Waals surface area contributed by atoms with E-state index in [-0.39, 0.29) is 12.0 Å². The number of anilines is 2. The van der Waals surface area contributed by atoms with Gasteiger partial charge in [-0.1, -0.05) is 0 Å². The normalized spacial score (nSPS) is 16.9. The van der Waals surface area contributed by atoms with Gasteiger partial charge < -0.3 is 15.7 Å². The van der Waals surface area contributed by atoms with E-state index in [0.29, 0.717) is 5.95 Å². The van der Waals surface area contributed by atoms with Crippen molar-refractivity contribution in [1.29, 1.82) is 0 Å². The molecule has 1 aliphatic carbocycles. The van der Waals surface area contributed by atoms with Gasteiger partial charge in [0, 0.05) is 30.8 Å². The SMILES string of the molecule is CNc1nc(C)cc(NCC2(CO)CC2)n1. The van der Waals surface area contributed by atoms with Crippen LogP contribution < -0.4 is 10.6 Å². The molecule has 0 aliphatic heterocycles. The fraction of sp³-hybridized carbons (Fsp3) is 0.636. The van der Waals surface area contributed by atoms with Crippen molar-refractivity contribution in [3.8, 4) is 0 Å². The van der Waals surface area contributed by atoms with Gasteiger partial charge in [0.15, 0.2) is 0 Å². The van der Waals surface area contributed by atoms with E-state index >= 15 is 0 Å². The van der Waals surface area contributed by atoms with Crippen molar-refractivity contribution in [3.63, 3.8) is 0 Å². The lowest BCUT2D eigenvalue weighted by Crippen LogP contribution is -2.19. The molecule has 1 aromatic heterocycles. The Morgan fingerprint density at radius 3 is 2.75 bits per heavy atom. The summed E-state index contributed by atoms with van der Waals surface area (Å²) in [4.78, 5) is 8.52. The van der Waals surface area contributed by atoms with Crippen LogP contribution in [0.25, 0.3) is 0 Å². The molecule has 16 heavy (non-hydrogen) atoms. The zero-order valence-corrected chi connectivity index (χ0v) is 9.75. The molecule has 0 unspecified atom stereocenters. The quantitative estimate of drug-likeness (QED) is 0.693. The predicted molar refractivity (Wildman–Crippen MR) is 63.6 cm³/mol. The molecule has 0 bridgehead atoms. The smallest absolute Gasteiger partial charge is 0.224 e. The molecule has 88 valence electrons. The second kappa shape index (κ2) is 4.25.